The number of piperazine rings is 1. The molecule has 4 heteroatoms. The number of ether oxygens (including phenoxy) is 1. The second kappa shape index (κ2) is 8.67. The van der Waals surface area contributed by atoms with E-state index in [0.29, 0.717) is 13.0 Å². The van der Waals surface area contributed by atoms with Gasteiger partial charge in [-0.25, -0.2) is 0 Å². The minimum absolute atomic E-state index is 0.200. The third-order valence-corrected chi connectivity index (χ3v) is 4.69. The highest BCUT2D eigenvalue weighted by molar-refractivity contribution is 5.76. The number of amides is 1. The van der Waals surface area contributed by atoms with E-state index in [1.165, 1.54) is 11.1 Å². The number of nitrogens with zero attached hydrogens (tertiary/aromatic N) is 1. The van der Waals surface area contributed by atoms with E-state index in [0.717, 1.165) is 38.5 Å². The summed E-state index contributed by atoms with van der Waals surface area (Å²) >= 11 is 0. The molecular formula is C21H27N2O2+. The first kappa shape index (κ1) is 17.5. The van der Waals surface area contributed by atoms with Crippen LogP contribution in [0.2, 0.25) is 0 Å². The summed E-state index contributed by atoms with van der Waals surface area (Å²) in [6.45, 7) is 7.23. The first-order valence-corrected chi connectivity index (χ1v) is 9.05. The molecule has 2 aromatic rings. The monoisotopic (exact) mass is 339 g/mol. The zero-order valence-corrected chi connectivity index (χ0v) is 14.9. The van der Waals surface area contributed by atoms with Crippen LogP contribution in [0.5, 0.6) is 5.75 Å². The van der Waals surface area contributed by atoms with E-state index >= 15 is 0 Å². The zero-order valence-electron chi connectivity index (χ0n) is 14.9. The summed E-state index contributed by atoms with van der Waals surface area (Å²) in [4.78, 5) is 15.9. The lowest BCUT2D eigenvalue weighted by atomic mass is 10.2. The van der Waals surface area contributed by atoms with Crippen molar-refractivity contribution in [1.82, 2.24) is 4.90 Å². The predicted molar refractivity (Wildman–Crippen MR) is 98.7 cm³/mol. The van der Waals surface area contributed by atoms with E-state index in [1.54, 1.807) is 4.90 Å². The molecule has 3 rings (SSSR count). The Morgan fingerprint density at radius 2 is 1.84 bits per heavy atom. The Morgan fingerprint density at radius 3 is 2.56 bits per heavy atom. The van der Waals surface area contributed by atoms with Crippen LogP contribution in [-0.2, 0) is 11.3 Å². The van der Waals surface area contributed by atoms with Crippen LogP contribution < -0.4 is 9.64 Å². The second-order valence-corrected chi connectivity index (χ2v) is 6.71. The quantitative estimate of drug-likeness (QED) is 0.869. The highest BCUT2D eigenvalue weighted by atomic mass is 16.5. The van der Waals surface area contributed by atoms with Gasteiger partial charge in [0.1, 0.15) is 12.3 Å². The van der Waals surface area contributed by atoms with E-state index in [2.05, 4.69) is 24.3 Å². The number of hydrogen-bond donors (Lipinski definition) is 1. The molecule has 0 atom stereocenters. The van der Waals surface area contributed by atoms with Gasteiger partial charge in [0.2, 0.25) is 5.91 Å². The number of hydrogen-bond acceptors (Lipinski definition) is 2. The standard InChI is InChI=1S/C21H26N2O2/c1-18-6-5-9-20(16-18)25-15-10-21(24)23-13-11-22(12-14-23)17-19-7-3-2-4-8-19/h2-9,16H,10-15,17H2,1H3/p+1. The van der Waals surface area contributed by atoms with Crippen molar-refractivity contribution in [3.63, 3.8) is 0 Å². The minimum atomic E-state index is 0.200. The topological polar surface area (TPSA) is 34.0 Å². The van der Waals surface area contributed by atoms with Crippen molar-refractivity contribution in [2.75, 3.05) is 32.8 Å². The van der Waals surface area contributed by atoms with Gasteiger partial charge in [-0.1, -0.05) is 42.5 Å². The van der Waals surface area contributed by atoms with Crippen molar-refractivity contribution in [1.29, 1.82) is 0 Å². The first-order valence-electron chi connectivity index (χ1n) is 9.05. The Labute approximate surface area is 150 Å². The van der Waals surface area contributed by atoms with Gasteiger partial charge in [0, 0.05) is 5.56 Å². The summed E-state index contributed by atoms with van der Waals surface area (Å²) in [6.07, 6.45) is 0.446. The van der Waals surface area contributed by atoms with Crippen LogP contribution in [0.25, 0.3) is 0 Å². The molecule has 0 radical (unpaired) electrons. The Bertz CT molecular complexity index is 679. The van der Waals surface area contributed by atoms with Gasteiger partial charge in [0.25, 0.3) is 0 Å². The molecule has 2 aromatic carbocycles. The fraction of sp³-hybridized carbons (Fsp3) is 0.381. The molecule has 4 nitrogen and oxygen atoms in total. The lowest BCUT2D eigenvalue weighted by Gasteiger charge is -2.32. The second-order valence-electron chi connectivity index (χ2n) is 6.71. The van der Waals surface area contributed by atoms with E-state index in [1.807, 2.05) is 42.2 Å². The number of quaternary nitrogens is 1. The maximum absolute atomic E-state index is 12.4. The van der Waals surface area contributed by atoms with Gasteiger partial charge in [0.05, 0.1) is 39.2 Å². The molecule has 0 saturated carbocycles. The third kappa shape index (κ3) is 5.33. The molecule has 0 unspecified atom stereocenters. The van der Waals surface area contributed by atoms with Crippen molar-refractivity contribution in [2.24, 2.45) is 0 Å². The molecule has 0 spiro atoms. The Hall–Kier alpha value is -2.33. The van der Waals surface area contributed by atoms with Crippen LogP contribution in [0.15, 0.2) is 54.6 Å². The number of nitrogens with one attached hydrogen (secondary N) is 1. The fourth-order valence-electron chi connectivity index (χ4n) is 3.25. The molecule has 1 amide bonds. The highest BCUT2D eigenvalue weighted by Crippen LogP contribution is 2.12. The van der Waals surface area contributed by atoms with E-state index in [9.17, 15) is 4.79 Å². The van der Waals surface area contributed by atoms with Gasteiger partial charge in [-0.05, 0) is 24.6 Å². The Balaban J connectivity index is 1.38. The van der Waals surface area contributed by atoms with Gasteiger partial charge in [-0.15, -0.1) is 0 Å². The minimum Gasteiger partial charge on any atom is -0.493 e. The van der Waals surface area contributed by atoms with Crippen LogP contribution >= 0.6 is 0 Å². The molecule has 1 aliphatic rings. The van der Waals surface area contributed by atoms with Crippen molar-refractivity contribution >= 4 is 5.91 Å². The molecular weight excluding hydrogens is 312 g/mol. The molecule has 1 saturated heterocycles. The average Bonchev–Trinajstić information content (AvgIpc) is 2.63. The van der Waals surface area contributed by atoms with Crippen molar-refractivity contribution in [3.8, 4) is 5.75 Å². The number of carbonyl (C=O) groups excluding carboxylic acids is 1. The number of rotatable bonds is 6. The Morgan fingerprint density at radius 1 is 1.08 bits per heavy atom. The smallest absolute Gasteiger partial charge is 0.226 e. The number of benzene rings is 2. The SMILES string of the molecule is Cc1cccc(OCCC(=O)N2CC[NH+](Cc3ccccc3)CC2)c1. The Kier molecular flexibility index (Phi) is 6.07. The molecule has 0 bridgehead atoms. The van der Waals surface area contributed by atoms with Crippen LogP contribution in [0.4, 0.5) is 0 Å². The molecule has 0 aromatic heterocycles. The summed E-state index contributed by atoms with van der Waals surface area (Å²) in [5.41, 5.74) is 2.53. The van der Waals surface area contributed by atoms with Crippen LogP contribution in [0.3, 0.4) is 0 Å². The van der Waals surface area contributed by atoms with Crippen molar-refractivity contribution < 1.29 is 14.4 Å². The predicted octanol–water partition coefficient (Wildman–Crippen LogP) is 1.69. The van der Waals surface area contributed by atoms with Gasteiger partial charge in [-0.3, -0.25) is 4.79 Å². The molecule has 1 fully saturated rings. The van der Waals surface area contributed by atoms with Crippen molar-refractivity contribution in [2.45, 2.75) is 19.9 Å². The van der Waals surface area contributed by atoms with Crippen LogP contribution in [0, 0.1) is 6.92 Å². The zero-order chi connectivity index (χ0) is 17.5. The average molecular weight is 339 g/mol. The normalized spacial score (nSPS) is 15.2. The molecule has 1 heterocycles. The molecule has 132 valence electrons. The van der Waals surface area contributed by atoms with Gasteiger partial charge < -0.3 is 14.5 Å². The first-order chi connectivity index (χ1) is 12.2. The summed E-state index contributed by atoms with van der Waals surface area (Å²) < 4.78 is 5.70. The van der Waals surface area contributed by atoms with Gasteiger partial charge >= 0.3 is 0 Å². The number of carbonyl (C=O) groups is 1. The van der Waals surface area contributed by atoms with E-state index < -0.39 is 0 Å². The maximum Gasteiger partial charge on any atom is 0.226 e. The summed E-state index contributed by atoms with van der Waals surface area (Å²) in [5.74, 6) is 1.04. The number of aryl methyl sites for hydroxylation is 1. The molecule has 0 aliphatic carbocycles. The van der Waals surface area contributed by atoms with Gasteiger partial charge in [0.15, 0.2) is 0 Å². The third-order valence-electron chi connectivity index (χ3n) is 4.69. The van der Waals surface area contributed by atoms with Crippen LogP contribution in [0.1, 0.15) is 17.5 Å². The van der Waals surface area contributed by atoms with Crippen LogP contribution in [-0.4, -0.2) is 43.6 Å². The van der Waals surface area contributed by atoms with Gasteiger partial charge in [-0.2, -0.15) is 0 Å². The fourth-order valence-corrected chi connectivity index (χ4v) is 3.25. The summed E-state index contributed by atoms with van der Waals surface area (Å²) in [7, 11) is 0. The van der Waals surface area contributed by atoms with E-state index in [-0.39, 0.29) is 5.91 Å². The molecule has 25 heavy (non-hydrogen) atoms. The molecule has 1 aliphatic heterocycles. The highest BCUT2D eigenvalue weighted by Gasteiger charge is 2.23. The lowest BCUT2D eigenvalue weighted by molar-refractivity contribution is -0.917. The summed E-state index contributed by atoms with van der Waals surface area (Å²) in [5, 5.41) is 0. The summed E-state index contributed by atoms with van der Waals surface area (Å²) in [6, 6.07) is 18.5. The maximum atomic E-state index is 12.4. The van der Waals surface area contributed by atoms with Crippen molar-refractivity contribution in [3.05, 3.63) is 65.7 Å². The lowest BCUT2D eigenvalue weighted by Crippen LogP contribution is -3.13. The van der Waals surface area contributed by atoms with E-state index in [4.69, 9.17) is 4.74 Å². The largest absolute Gasteiger partial charge is 0.493 e. The molecule has 1 N–H and O–H groups in total.